The number of anilines is 2. The van der Waals surface area contributed by atoms with Crippen LogP contribution in [0.5, 0.6) is 0 Å². The van der Waals surface area contributed by atoms with Crippen molar-refractivity contribution in [3.05, 3.63) is 59.8 Å². The summed E-state index contributed by atoms with van der Waals surface area (Å²) < 4.78 is 3.36. The van der Waals surface area contributed by atoms with Crippen LogP contribution in [0.2, 0.25) is 5.02 Å². The van der Waals surface area contributed by atoms with Crippen molar-refractivity contribution in [1.82, 2.24) is 29.4 Å². The molecule has 23 heavy (non-hydrogen) atoms. The Balaban J connectivity index is 1.70. The fourth-order valence-corrected chi connectivity index (χ4v) is 2.55. The maximum absolute atomic E-state index is 6.20. The van der Waals surface area contributed by atoms with Gasteiger partial charge in [-0.3, -0.25) is 0 Å². The minimum atomic E-state index is 0.547. The lowest BCUT2D eigenvalue weighted by Crippen LogP contribution is -2.02. The van der Waals surface area contributed by atoms with E-state index < -0.39 is 0 Å². The third-order valence-electron chi connectivity index (χ3n) is 3.33. The van der Waals surface area contributed by atoms with Crippen LogP contribution >= 0.6 is 11.6 Å². The third kappa shape index (κ3) is 2.51. The Morgan fingerprint density at radius 3 is 2.91 bits per heavy atom. The summed E-state index contributed by atoms with van der Waals surface area (Å²) >= 11 is 6.20. The van der Waals surface area contributed by atoms with Crippen molar-refractivity contribution in [1.29, 1.82) is 0 Å². The molecule has 0 spiro atoms. The summed E-state index contributed by atoms with van der Waals surface area (Å²) in [4.78, 5) is 8.42. The molecule has 0 aliphatic heterocycles. The Morgan fingerprint density at radius 2 is 2.04 bits per heavy atom. The van der Waals surface area contributed by atoms with Gasteiger partial charge < -0.3 is 5.32 Å². The summed E-state index contributed by atoms with van der Waals surface area (Å²) in [5.74, 6) is 1.31. The quantitative estimate of drug-likeness (QED) is 0.627. The fourth-order valence-electron chi connectivity index (χ4n) is 2.32. The lowest BCUT2D eigenvalue weighted by atomic mass is 10.3. The molecule has 0 bridgehead atoms. The van der Waals surface area contributed by atoms with Gasteiger partial charge in [-0.05, 0) is 19.1 Å². The largest absolute Gasteiger partial charge is 0.337 e. The number of hydrogen-bond acceptors (Lipinski definition) is 5. The fraction of sp³-hybridized carbons (Fsp3) is 0.0667. The molecule has 1 N–H and O–H groups in total. The summed E-state index contributed by atoms with van der Waals surface area (Å²) in [6, 6.07) is 9.44. The topological polar surface area (TPSA) is 72.9 Å². The van der Waals surface area contributed by atoms with Crippen LogP contribution in [0, 0.1) is 6.92 Å². The standard InChI is InChI=1S/C15H12ClN7/c1-10-6-14(23-15(20-10)17-9-19-23)21-11-7-18-22(8-11)13-5-3-2-4-12(13)16/h2-9,21H,1H3. The molecule has 0 aliphatic rings. The molecule has 4 aromatic rings. The van der Waals surface area contributed by atoms with E-state index in [1.54, 1.807) is 15.4 Å². The summed E-state index contributed by atoms with van der Waals surface area (Å²) in [7, 11) is 0. The number of hydrogen-bond donors (Lipinski definition) is 1. The first-order valence-electron chi connectivity index (χ1n) is 6.95. The van der Waals surface area contributed by atoms with Gasteiger partial charge >= 0.3 is 0 Å². The van der Waals surface area contributed by atoms with Crippen molar-refractivity contribution >= 4 is 28.9 Å². The van der Waals surface area contributed by atoms with E-state index in [-0.39, 0.29) is 0 Å². The number of aryl methyl sites for hydroxylation is 1. The molecule has 0 unspecified atom stereocenters. The summed E-state index contributed by atoms with van der Waals surface area (Å²) in [6.07, 6.45) is 5.06. The predicted octanol–water partition coefficient (Wildman–Crippen LogP) is 3.02. The van der Waals surface area contributed by atoms with Gasteiger partial charge in [0.05, 0.1) is 28.8 Å². The molecule has 0 radical (unpaired) electrons. The SMILES string of the molecule is Cc1cc(Nc2cnn(-c3ccccc3Cl)c2)n2ncnc2n1. The van der Waals surface area contributed by atoms with Crippen molar-refractivity contribution in [2.24, 2.45) is 0 Å². The van der Waals surface area contributed by atoms with E-state index in [1.165, 1.54) is 6.33 Å². The molecule has 8 heteroatoms. The zero-order valence-electron chi connectivity index (χ0n) is 12.2. The van der Waals surface area contributed by atoms with E-state index in [0.29, 0.717) is 10.8 Å². The normalized spacial score (nSPS) is 11.0. The number of nitrogens with zero attached hydrogens (tertiary/aromatic N) is 6. The Bertz CT molecular complexity index is 988. The van der Waals surface area contributed by atoms with Crippen molar-refractivity contribution in [3.63, 3.8) is 0 Å². The van der Waals surface area contributed by atoms with Crippen molar-refractivity contribution in [2.45, 2.75) is 6.92 Å². The second kappa shape index (κ2) is 5.36. The van der Waals surface area contributed by atoms with Gasteiger partial charge in [0.25, 0.3) is 5.78 Å². The highest BCUT2D eigenvalue weighted by atomic mass is 35.5. The lowest BCUT2D eigenvalue weighted by Gasteiger charge is -2.06. The highest BCUT2D eigenvalue weighted by molar-refractivity contribution is 6.32. The minimum absolute atomic E-state index is 0.547. The minimum Gasteiger partial charge on any atom is -0.337 e. The van der Waals surface area contributed by atoms with Crippen LogP contribution in [0.25, 0.3) is 11.5 Å². The number of aromatic nitrogens is 6. The molecule has 0 aliphatic carbocycles. The summed E-state index contributed by atoms with van der Waals surface area (Å²) in [6.45, 7) is 1.91. The number of rotatable bonds is 3. The number of nitrogens with one attached hydrogen (secondary N) is 1. The second-order valence-corrected chi connectivity index (χ2v) is 5.41. The molecule has 0 fully saturated rings. The molecule has 3 heterocycles. The van der Waals surface area contributed by atoms with Crippen molar-refractivity contribution in [3.8, 4) is 5.69 Å². The van der Waals surface area contributed by atoms with Crippen LogP contribution in [-0.2, 0) is 0 Å². The first-order chi connectivity index (χ1) is 11.2. The van der Waals surface area contributed by atoms with E-state index >= 15 is 0 Å². The Labute approximate surface area is 136 Å². The van der Waals surface area contributed by atoms with Crippen molar-refractivity contribution in [2.75, 3.05) is 5.32 Å². The van der Waals surface area contributed by atoms with E-state index in [4.69, 9.17) is 11.6 Å². The van der Waals surface area contributed by atoms with E-state index in [1.807, 2.05) is 43.5 Å². The highest BCUT2D eigenvalue weighted by Crippen LogP contribution is 2.22. The average molecular weight is 326 g/mol. The molecule has 0 atom stereocenters. The Morgan fingerprint density at radius 1 is 1.17 bits per heavy atom. The van der Waals surface area contributed by atoms with Gasteiger partial charge in [-0.25, -0.2) is 9.67 Å². The zero-order valence-corrected chi connectivity index (χ0v) is 12.9. The van der Waals surface area contributed by atoms with Gasteiger partial charge in [0.1, 0.15) is 12.1 Å². The van der Waals surface area contributed by atoms with E-state index in [2.05, 4.69) is 25.5 Å². The van der Waals surface area contributed by atoms with Gasteiger partial charge in [-0.15, -0.1) is 0 Å². The van der Waals surface area contributed by atoms with Gasteiger partial charge in [-0.1, -0.05) is 23.7 Å². The smallest absolute Gasteiger partial charge is 0.254 e. The number of halogens is 1. The maximum atomic E-state index is 6.20. The van der Waals surface area contributed by atoms with E-state index in [9.17, 15) is 0 Å². The average Bonchev–Trinajstić information content (AvgIpc) is 3.17. The monoisotopic (exact) mass is 325 g/mol. The highest BCUT2D eigenvalue weighted by Gasteiger charge is 2.08. The second-order valence-electron chi connectivity index (χ2n) is 5.00. The molecular formula is C15H12ClN7. The zero-order chi connectivity index (χ0) is 15.8. The molecular weight excluding hydrogens is 314 g/mol. The first kappa shape index (κ1) is 13.7. The molecule has 4 rings (SSSR count). The van der Waals surface area contributed by atoms with Crippen LogP contribution < -0.4 is 5.32 Å². The van der Waals surface area contributed by atoms with Crippen molar-refractivity contribution < 1.29 is 0 Å². The van der Waals surface area contributed by atoms with Crippen LogP contribution in [-0.4, -0.2) is 29.4 Å². The molecule has 0 amide bonds. The van der Waals surface area contributed by atoms with Crippen LogP contribution in [0.1, 0.15) is 5.69 Å². The summed E-state index contributed by atoms with van der Waals surface area (Å²) in [5.41, 5.74) is 2.48. The number of fused-ring (bicyclic) bond motifs is 1. The predicted molar refractivity (Wildman–Crippen MR) is 87.4 cm³/mol. The molecule has 0 saturated heterocycles. The molecule has 114 valence electrons. The lowest BCUT2D eigenvalue weighted by molar-refractivity contribution is 0.881. The molecule has 7 nitrogen and oxygen atoms in total. The number of para-hydroxylation sites is 1. The van der Waals surface area contributed by atoms with Crippen LogP contribution in [0.3, 0.4) is 0 Å². The van der Waals surface area contributed by atoms with Gasteiger partial charge in [0.2, 0.25) is 0 Å². The maximum Gasteiger partial charge on any atom is 0.254 e. The Kier molecular flexibility index (Phi) is 3.20. The van der Waals surface area contributed by atoms with Crippen LogP contribution in [0.15, 0.2) is 49.1 Å². The van der Waals surface area contributed by atoms with Crippen LogP contribution in [0.4, 0.5) is 11.5 Å². The third-order valence-corrected chi connectivity index (χ3v) is 3.65. The van der Waals surface area contributed by atoms with Gasteiger partial charge in [0, 0.05) is 11.8 Å². The van der Waals surface area contributed by atoms with E-state index in [0.717, 1.165) is 22.9 Å². The Hall–Kier alpha value is -2.93. The molecule has 3 aromatic heterocycles. The first-order valence-corrected chi connectivity index (χ1v) is 7.32. The molecule has 0 saturated carbocycles. The number of benzene rings is 1. The summed E-state index contributed by atoms with van der Waals surface area (Å²) in [5, 5.41) is 12.4. The molecule has 1 aromatic carbocycles. The van der Waals surface area contributed by atoms with Gasteiger partial charge in [-0.2, -0.15) is 19.7 Å². The van der Waals surface area contributed by atoms with Gasteiger partial charge in [0.15, 0.2) is 0 Å².